The van der Waals surface area contributed by atoms with E-state index in [-0.39, 0.29) is 5.56 Å². The molecule has 0 N–H and O–H groups in total. The van der Waals surface area contributed by atoms with Gasteiger partial charge in [-0.25, -0.2) is 0 Å². The Morgan fingerprint density at radius 1 is 1.00 bits per heavy atom. The molecule has 0 fully saturated rings. The Kier molecular flexibility index (Phi) is 4.05. The van der Waals surface area contributed by atoms with Gasteiger partial charge >= 0.3 is 0 Å². The fourth-order valence-electron chi connectivity index (χ4n) is 2.93. The van der Waals surface area contributed by atoms with Crippen LogP contribution in [0.2, 0.25) is 0 Å². The molecule has 0 aliphatic rings. The second-order valence-corrected chi connectivity index (χ2v) is 7.72. The molecule has 0 unspecified atom stereocenters. The van der Waals surface area contributed by atoms with Gasteiger partial charge in [0.1, 0.15) is 0 Å². The van der Waals surface area contributed by atoms with Crippen molar-refractivity contribution in [3.8, 4) is 0 Å². The first-order chi connectivity index (χ1) is 12.1. The topological polar surface area (TPSA) is 52.2 Å². The third kappa shape index (κ3) is 2.82. The van der Waals surface area contributed by atoms with E-state index in [9.17, 15) is 4.79 Å². The van der Waals surface area contributed by atoms with E-state index >= 15 is 0 Å². The van der Waals surface area contributed by atoms with Crippen molar-refractivity contribution in [1.82, 2.24) is 19.2 Å². The van der Waals surface area contributed by atoms with Crippen LogP contribution in [0.5, 0.6) is 0 Å². The molecule has 25 heavy (non-hydrogen) atoms. The predicted octanol–water partition coefficient (Wildman–Crippen LogP) is 3.59. The summed E-state index contributed by atoms with van der Waals surface area (Å²) in [7, 11) is 0. The number of hydrogen-bond donors (Lipinski definition) is 0. The molecule has 0 bridgehead atoms. The van der Waals surface area contributed by atoms with E-state index in [1.54, 1.807) is 16.3 Å². The molecule has 5 nitrogen and oxygen atoms in total. The Balaban J connectivity index is 2.02. The second-order valence-electron chi connectivity index (χ2n) is 6.18. The number of para-hydroxylation sites is 1. The zero-order valence-electron chi connectivity index (χ0n) is 14.1. The van der Waals surface area contributed by atoms with E-state index in [1.165, 1.54) is 0 Å². The molecule has 4 rings (SSSR count). The van der Waals surface area contributed by atoms with Crippen molar-refractivity contribution in [3.63, 3.8) is 0 Å². The summed E-state index contributed by atoms with van der Waals surface area (Å²) in [5.41, 5.74) is 1.86. The van der Waals surface area contributed by atoms with E-state index in [4.69, 9.17) is 0 Å². The van der Waals surface area contributed by atoms with Gasteiger partial charge in [0.2, 0.25) is 5.78 Å². The zero-order valence-corrected chi connectivity index (χ0v) is 14.9. The fraction of sp³-hybridized carbons (Fsp3) is 0.211. The molecule has 0 aliphatic heterocycles. The minimum Gasteiger partial charge on any atom is -0.272 e. The quantitative estimate of drug-likeness (QED) is 0.528. The van der Waals surface area contributed by atoms with E-state index in [0.717, 1.165) is 16.2 Å². The van der Waals surface area contributed by atoms with Gasteiger partial charge in [0.25, 0.3) is 5.56 Å². The van der Waals surface area contributed by atoms with Gasteiger partial charge < -0.3 is 0 Å². The summed E-state index contributed by atoms with van der Waals surface area (Å²) in [6, 6.07) is 17.6. The summed E-state index contributed by atoms with van der Waals surface area (Å²) in [6.07, 6.45) is 0. The lowest BCUT2D eigenvalue weighted by atomic mass is 10.2. The van der Waals surface area contributed by atoms with Crippen LogP contribution < -0.4 is 5.56 Å². The Morgan fingerprint density at radius 2 is 1.72 bits per heavy atom. The van der Waals surface area contributed by atoms with Gasteiger partial charge in [-0.1, -0.05) is 68.1 Å². The van der Waals surface area contributed by atoms with E-state index in [1.807, 2.05) is 59.0 Å². The van der Waals surface area contributed by atoms with Crippen LogP contribution in [0.25, 0.3) is 16.7 Å². The average Bonchev–Trinajstić information content (AvgIpc) is 3.02. The molecule has 2 heterocycles. The second kappa shape index (κ2) is 6.37. The first kappa shape index (κ1) is 15.9. The molecule has 2 aromatic heterocycles. The van der Waals surface area contributed by atoms with Crippen LogP contribution in [0.1, 0.15) is 19.4 Å². The number of hydrogen-bond acceptors (Lipinski definition) is 4. The van der Waals surface area contributed by atoms with Crippen LogP contribution in [0.3, 0.4) is 0 Å². The van der Waals surface area contributed by atoms with Crippen molar-refractivity contribution in [1.29, 1.82) is 0 Å². The Bertz CT molecular complexity index is 1100. The third-order valence-corrected chi connectivity index (χ3v) is 4.95. The Hall–Kier alpha value is -2.60. The molecule has 0 radical (unpaired) electrons. The Labute approximate surface area is 149 Å². The number of aromatic nitrogens is 4. The molecular formula is C19H18N4OS. The highest BCUT2D eigenvalue weighted by atomic mass is 32.2. The lowest BCUT2D eigenvalue weighted by Gasteiger charge is -2.11. The van der Waals surface area contributed by atoms with Gasteiger partial charge in [-0.3, -0.25) is 13.8 Å². The van der Waals surface area contributed by atoms with E-state index in [2.05, 4.69) is 24.0 Å². The highest BCUT2D eigenvalue weighted by Gasteiger charge is 2.17. The van der Waals surface area contributed by atoms with Crippen molar-refractivity contribution in [2.45, 2.75) is 30.8 Å². The number of nitrogens with zero attached hydrogens (tertiary/aromatic N) is 4. The molecule has 0 saturated heterocycles. The van der Waals surface area contributed by atoms with Crippen molar-refractivity contribution >= 4 is 28.4 Å². The van der Waals surface area contributed by atoms with E-state index in [0.29, 0.717) is 23.0 Å². The van der Waals surface area contributed by atoms with Crippen molar-refractivity contribution in [3.05, 3.63) is 70.5 Å². The van der Waals surface area contributed by atoms with Gasteiger partial charge in [0.15, 0.2) is 5.16 Å². The van der Waals surface area contributed by atoms with Crippen LogP contribution in [0.4, 0.5) is 0 Å². The normalized spacial score (nSPS) is 11.6. The molecule has 0 amide bonds. The molecule has 6 heteroatoms. The van der Waals surface area contributed by atoms with Gasteiger partial charge in [0.05, 0.1) is 17.4 Å². The first-order valence-corrected chi connectivity index (χ1v) is 9.10. The first-order valence-electron chi connectivity index (χ1n) is 8.22. The monoisotopic (exact) mass is 350 g/mol. The Morgan fingerprint density at radius 3 is 2.48 bits per heavy atom. The highest BCUT2D eigenvalue weighted by Crippen LogP contribution is 2.24. The highest BCUT2D eigenvalue weighted by molar-refractivity contribution is 7.99. The number of rotatable bonds is 4. The van der Waals surface area contributed by atoms with E-state index < -0.39 is 0 Å². The van der Waals surface area contributed by atoms with Crippen LogP contribution in [0.15, 0.2) is 64.5 Å². The fourth-order valence-corrected chi connectivity index (χ4v) is 3.72. The predicted molar refractivity (Wildman–Crippen MR) is 101 cm³/mol. The zero-order chi connectivity index (χ0) is 17.4. The molecular weight excluding hydrogens is 332 g/mol. The minimum absolute atomic E-state index is 0.0412. The van der Waals surface area contributed by atoms with Crippen molar-refractivity contribution in [2.24, 2.45) is 0 Å². The van der Waals surface area contributed by atoms with Gasteiger partial charge in [-0.15, -0.1) is 10.2 Å². The molecule has 126 valence electrons. The molecule has 4 aromatic rings. The SMILES string of the molecule is CC(C)Sc1nnc2n(Cc3ccccc3)c(=O)c3ccccc3n12. The molecule has 0 aliphatic carbocycles. The van der Waals surface area contributed by atoms with Crippen LogP contribution in [-0.2, 0) is 6.54 Å². The van der Waals surface area contributed by atoms with Crippen LogP contribution in [0, 0.1) is 0 Å². The lowest BCUT2D eigenvalue weighted by Crippen LogP contribution is -2.24. The van der Waals surface area contributed by atoms with Gasteiger partial charge in [-0.2, -0.15) is 0 Å². The molecule has 0 saturated carbocycles. The van der Waals surface area contributed by atoms with Gasteiger partial charge in [-0.05, 0) is 17.7 Å². The lowest BCUT2D eigenvalue weighted by molar-refractivity contribution is 0.764. The summed E-state index contributed by atoms with van der Waals surface area (Å²) >= 11 is 1.64. The summed E-state index contributed by atoms with van der Waals surface area (Å²) in [6.45, 7) is 4.71. The van der Waals surface area contributed by atoms with Crippen LogP contribution >= 0.6 is 11.8 Å². The maximum Gasteiger partial charge on any atom is 0.263 e. The summed E-state index contributed by atoms with van der Waals surface area (Å²) in [4.78, 5) is 13.1. The van der Waals surface area contributed by atoms with Crippen molar-refractivity contribution in [2.75, 3.05) is 0 Å². The maximum atomic E-state index is 13.1. The molecule has 0 atom stereocenters. The largest absolute Gasteiger partial charge is 0.272 e. The summed E-state index contributed by atoms with van der Waals surface area (Å²) in [5.74, 6) is 0.579. The molecule has 2 aromatic carbocycles. The number of fused-ring (bicyclic) bond motifs is 3. The third-order valence-electron chi connectivity index (χ3n) is 4.00. The smallest absolute Gasteiger partial charge is 0.263 e. The van der Waals surface area contributed by atoms with Crippen LogP contribution in [-0.4, -0.2) is 24.4 Å². The average molecular weight is 350 g/mol. The summed E-state index contributed by atoms with van der Waals surface area (Å²) < 4.78 is 3.69. The van der Waals surface area contributed by atoms with Crippen molar-refractivity contribution < 1.29 is 0 Å². The summed E-state index contributed by atoms with van der Waals surface area (Å²) in [5, 5.41) is 10.5. The molecule has 0 spiro atoms. The maximum absolute atomic E-state index is 13.1. The minimum atomic E-state index is -0.0412. The number of benzene rings is 2. The van der Waals surface area contributed by atoms with Gasteiger partial charge in [0, 0.05) is 5.25 Å². The standard InChI is InChI=1S/C19H18N4OS/c1-13(2)25-19-21-20-18-22(12-14-8-4-3-5-9-14)17(24)15-10-6-7-11-16(15)23(18)19/h3-11,13H,12H2,1-2H3. The number of thioether (sulfide) groups is 1.